The van der Waals surface area contributed by atoms with E-state index >= 15 is 0 Å². The van der Waals surface area contributed by atoms with Crippen LogP contribution in [0.2, 0.25) is 0 Å². The summed E-state index contributed by atoms with van der Waals surface area (Å²) >= 11 is 0. The number of ether oxygens (including phenoxy) is 1. The molecule has 0 bridgehead atoms. The molecule has 0 amide bonds. The molecule has 3 aliphatic rings. The minimum Gasteiger partial charge on any atom is -0.379 e. The van der Waals surface area contributed by atoms with E-state index in [9.17, 15) is 10.2 Å². The van der Waals surface area contributed by atoms with E-state index in [1.807, 2.05) is 17.1 Å². The summed E-state index contributed by atoms with van der Waals surface area (Å²) in [6, 6.07) is 9.89. The molecule has 180 valence electrons. The lowest BCUT2D eigenvalue weighted by Crippen LogP contribution is -2.47. The van der Waals surface area contributed by atoms with Crippen molar-refractivity contribution in [2.45, 2.75) is 24.8 Å². The van der Waals surface area contributed by atoms with Gasteiger partial charge in [0.05, 0.1) is 30.2 Å². The van der Waals surface area contributed by atoms with Crippen LogP contribution in [0.5, 0.6) is 0 Å². The molecule has 6 rings (SSSR count). The van der Waals surface area contributed by atoms with Gasteiger partial charge in [-0.1, -0.05) is 12.1 Å². The van der Waals surface area contributed by atoms with Crippen LogP contribution < -0.4 is 15.6 Å². The summed E-state index contributed by atoms with van der Waals surface area (Å²) in [5.41, 5.74) is 4.22. The number of nitrogens with zero attached hydrogens (tertiary/aromatic N) is 5. The van der Waals surface area contributed by atoms with Gasteiger partial charge in [0.2, 0.25) is 5.95 Å². The number of hydrazine groups is 1. The van der Waals surface area contributed by atoms with Crippen molar-refractivity contribution in [2.75, 3.05) is 36.6 Å². The van der Waals surface area contributed by atoms with Gasteiger partial charge in [-0.15, -0.1) is 6.58 Å². The van der Waals surface area contributed by atoms with E-state index < -0.39 is 11.8 Å². The highest BCUT2D eigenvalue weighted by molar-refractivity contribution is 5.67. The van der Waals surface area contributed by atoms with Crippen molar-refractivity contribution in [3.05, 3.63) is 77.8 Å². The maximum absolute atomic E-state index is 11.0. The van der Waals surface area contributed by atoms with Gasteiger partial charge in [0, 0.05) is 31.2 Å². The Hall–Kier alpha value is -3.41. The standard InChI is InChI=1S/C25H27N7O3/c1-2-9-31-23(33)20-13-28-24(29-18-4-3-17-12-26-7-5-16(17)10-18)30-22(20)32(31)19-6-8-27-21(11-19)25(34)14-35-15-25/h2-4,6,8,10-11,13,23,26,33-34H,1,5,7,9,12,14-15H2,(H,28,29,30). The zero-order valence-electron chi connectivity index (χ0n) is 19.2. The number of pyridine rings is 1. The smallest absolute Gasteiger partial charge is 0.229 e. The molecule has 0 radical (unpaired) electrons. The van der Waals surface area contributed by atoms with Gasteiger partial charge in [-0.25, -0.2) is 4.98 Å². The Balaban J connectivity index is 1.36. The van der Waals surface area contributed by atoms with Crippen LogP contribution in [0.25, 0.3) is 0 Å². The maximum atomic E-state index is 11.0. The van der Waals surface area contributed by atoms with E-state index in [2.05, 4.69) is 39.3 Å². The number of anilines is 4. The molecule has 10 nitrogen and oxygen atoms in total. The number of nitrogens with one attached hydrogen (secondary N) is 2. The Labute approximate surface area is 202 Å². The molecule has 4 N–H and O–H groups in total. The molecule has 0 aliphatic carbocycles. The fourth-order valence-electron chi connectivity index (χ4n) is 4.70. The number of aromatic nitrogens is 3. The number of aliphatic hydroxyl groups excluding tert-OH is 1. The third-order valence-electron chi connectivity index (χ3n) is 6.63. The molecule has 1 aromatic carbocycles. The van der Waals surface area contributed by atoms with Crippen LogP contribution in [0.1, 0.15) is 28.6 Å². The number of hydrogen-bond acceptors (Lipinski definition) is 10. The van der Waals surface area contributed by atoms with Gasteiger partial charge in [-0.05, 0) is 48.4 Å². The Morgan fingerprint density at radius 1 is 1.23 bits per heavy atom. The highest BCUT2D eigenvalue weighted by atomic mass is 16.5. The second-order valence-electron chi connectivity index (χ2n) is 9.03. The Morgan fingerprint density at radius 2 is 2.11 bits per heavy atom. The molecule has 3 aliphatic heterocycles. The van der Waals surface area contributed by atoms with E-state index in [4.69, 9.17) is 9.72 Å². The van der Waals surface area contributed by atoms with Crippen LogP contribution in [0.4, 0.5) is 23.1 Å². The zero-order valence-corrected chi connectivity index (χ0v) is 19.2. The summed E-state index contributed by atoms with van der Waals surface area (Å²) in [6.45, 7) is 6.46. The minimum absolute atomic E-state index is 0.201. The van der Waals surface area contributed by atoms with Crippen LogP contribution in [0.3, 0.4) is 0 Å². The van der Waals surface area contributed by atoms with Gasteiger partial charge in [-0.3, -0.25) is 9.99 Å². The van der Waals surface area contributed by atoms with Gasteiger partial charge in [0.1, 0.15) is 0 Å². The molecule has 35 heavy (non-hydrogen) atoms. The predicted octanol–water partition coefficient (Wildman–Crippen LogP) is 2.02. The highest BCUT2D eigenvalue weighted by Gasteiger charge is 2.42. The van der Waals surface area contributed by atoms with Crippen LogP contribution in [0, 0.1) is 0 Å². The summed E-state index contributed by atoms with van der Waals surface area (Å²) in [7, 11) is 0. The first-order chi connectivity index (χ1) is 17.1. The largest absolute Gasteiger partial charge is 0.379 e. The molecule has 0 saturated carbocycles. The van der Waals surface area contributed by atoms with Crippen molar-refractivity contribution in [1.29, 1.82) is 0 Å². The van der Waals surface area contributed by atoms with Crippen LogP contribution in [0.15, 0.2) is 55.4 Å². The molecule has 1 fully saturated rings. The Kier molecular flexibility index (Phi) is 5.47. The first-order valence-electron chi connectivity index (χ1n) is 11.6. The van der Waals surface area contributed by atoms with Gasteiger partial charge in [0.15, 0.2) is 17.6 Å². The fourth-order valence-corrected chi connectivity index (χ4v) is 4.70. The lowest BCUT2D eigenvalue weighted by Gasteiger charge is -2.36. The number of hydrogen-bond donors (Lipinski definition) is 4. The van der Waals surface area contributed by atoms with Gasteiger partial charge in [-0.2, -0.15) is 9.99 Å². The summed E-state index contributed by atoms with van der Waals surface area (Å²) in [4.78, 5) is 13.6. The van der Waals surface area contributed by atoms with Crippen LogP contribution in [-0.4, -0.2) is 56.5 Å². The van der Waals surface area contributed by atoms with Crippen LogP contribution >= 0.6 is 0 Å². The van der Waals surface area contributed by atoms with Crippen molar-refractivity contribution in [3.63, 3.8) is 0 Å². The molecule has 5 heterocycles. The van der Waals surface area contributed by atoms with Gasteiger partial charge >= 0.3 is 0 Å². The number of fused-ring (bicyclic) bond motifs is 2. The quantitative estimate of drug-likeness (QED) is 0.396. The first kappa shape index (κ1) is 22.1. The summed E-state index contributed by atoms with van der Waals surface area (Å²) in [5.74, 6) is 0.976. The highest BCUT2D eigenvalue weighted by Crippen LogP contribution is 2.43. The third kappa shape index (κ3) is 3.85. The molecular formula is C25H27N7O3. The maximum Gasteiger partial charge on any atom is 0.229 e. The lowest BCUT2D eigenvalue weighted by molar-refractivity contribution is -0.186. The molecule has 1 atom stereocenters. The monoisotopic (exact) mass is 473 g/mol. The summed E-state index contributed by atoms with van der Waals surface area (Å²) < 4.78 is 5.20. The normalized spacial score (nSPS) is 20.6. The Bertz CT molecular complexity index is 1280. The third-order valence-corrected chi connectivity index (χ3v) is 6.63. The zero-order chi connectivity index (χ0) is 24.0. The van der Waals surface area contributed by atoms with E-state index in [1.54, 1.807) is 29.5 Å². The molecule has 0 spiro atoms. The van der Waals surface area contributed by atoms with E-state index in [0.717, 1.165) is 25.2 Å². The fraction of sp³-hybridized carbons (Fsp3) is 0.320. The van der Waals surface area contributed by atoms with Crippen molar-refractivity contribution in [1.82, 2.24) is 25.3 Å². The van der Waals surface area contributed by atoms with Crippen molar-refractivity contribution in [2.24, 2.45) is 0 Å². The van der Waals surface area contributed by atoms with Crippen molar-refractivity contribution in [3.8, 4) is 0 Å². The molecule has 1 unspecified atom stereocenters. The molecular weight excluding hydrogens is 446 g/mol. The number of benzene rings is 1. The SMILES string of the molecule is C=CCN1C(O)c2cnc(Nc3ccc4c(c3)CCNC4)nc2N1c1ccnc(C2(O)COC2)c1. The van der Waals surface area contributed by atoms with Gasteiger partial charge in [0.25, 0.3) is 0 Å². The molecule has 2 aromatic heterocycles. The predicted molar refractivity (Wildman–Crippen MR) is 130 cm³/mol. The molecule has 3 aromatic rings. The number of rotatable bonds is 6. The van der Waals surface area contributed by atoms with Crippen LogP contribution in [-0.2, 0) is 23.3 Å². The Morgan fingerprint density at radius 3 is 2.91 bits per heavy atom. The topological polar surface area (TPSA) is 119 Å². The second kappa shape index (κ2) is 8.67. The second-order valence-corrected chi connectivity index (χ2v) is 9.03. The first-order valence-corrected chi connectivity index (χ1v) is 11.6. The summed E-state index contributed by atoms with van der Waals surface area (Å²) in [5, 5.41) is 32.0. The van der Waals surface area contributed by atoms with E-state index in [1.165, 1.54) is 11.1 Å². The van der Waals surface area contributed by atoms with E-state index in [0.29, 0.717) is 35.3 Å². The number of aliphatic hydroxyl groups is 2. The average Bonchev–Trinajstić information content (AvgIpc) is 3.13. The van der Waals surface area contributed by atoms with Gasteiger partial charge < -0.3 is 25.6 Å². The average molecular weight is 474 g/mol. The lowest BCUT2D eigenvalue weighted by atomic mass is 9.97. The minimum atomic E-state index is -1.11. The molecule has 10 heteroatoms. The summed E-state index contributed by atoms with van der Waals surface area (Å²) in [6.07, 6.45) is 5.03. The molecule has 1 saturated heterocycles. The van der Waals surface area contributed by atoms with E-state index in [-0.39, 0.29) is 13.2 Å². The van der Waals surface area contributed by atoms with Crippen molar-refractivity contribution >= 4 is 23.1 Å². The van der Waals surface area contributed by atoms with Crippen molar-refractivity contribution < 1.29 is 14.9 Å².